The highest BCUT2D eigenvalue weighted by Crippen LogP contribution is 2.32. The largest absolute Gasteiger partial charge is 0.496 e. The van der Waals surface area contributed by atoms with Gasteiger partial charge < -0.3 is 24.4 Å². The molecule has 2 aliphatic rings. The van der Waals surface area contributed by atoms with Crippen LogP contribution in [0.3, 0.4) is 0 Å². The summed E-state index contributed by atoms with van der Waals surface area (Å²) < 4.78 is 10.9. The monoisotopic (exact) mass is 449 g/mol. The molecule has 1 N–H and O–H groups in total. The lowest BCUT2D eigenvalue weighted by molar-refractivity contribution is 0.122. The number of rotatable bonds is 5. The third-order valence-electron chi connectivity index (χ3n) is 6.64. The van der Waals surface area contributed by atoms with Gasteiger partial charge in [0.2, 0.25) is 5.95 Å². The van der Waals surface area contributed by atoms with Gasteiger partial charge in [0.25, 0.3) is 0 Å². The SMILES string of the molecule is COc1ccc(-c2ccc3c(N4CCOCC4)nc(N4CCCCC4C)nc3n2)cc1CO. The third kappa shape index (κ3) is 4.32. The minimum Gasteiger partial charge on any atom is -0.496 e. The van der Waals surface area contributed by atoms with Crippen LogP contribution in [0.25, 0.3) is 22.3 Å². The van der Waals surface area contributed by atoms with Gasteiger partial charge in [-0.15, -0.1) is 0 Å². The molecule has 2 fully saturated rings. The number of aliphatic hydroxyl groups excluding tert-OH is 1. The van der Waals surface area contributed by atoms with Crippen molar-refractivity contribution in [3.05, 3.63) is 35.9 Å². The van der Waals surface area contributed by atoms with Crippen LogP contribution < -0.4 is 14.5 Å². The number of fused-ring (bicyclic) bond motifs is 1. The average molecular weight is 450 g/mol. The second kappa shape index (κ2) is 9.49. The van der Waals surface area contributed by atoms with Crippen molar-refractivity contribution < 1.29 is 14.6 Å². The van der Waals surface area contributed by atoms with E-state index in [0.717, 1.165) is 66.4 Å². The molecule has 0 radical (unpaired) electrons. The smallest absolute Gasteiger partial charge is 0.229 e. The summed E-state index contributed by atoms with van der Waals surface area (Å²) in [4.78, 5) is 19.5. The molecule has 4 heterocycles. The van der Waals surface area contributed by atoms with Gasteiger partial charge in [0.15, 0.2) is 5.65 Å². The van der Waals surface area contributed by atoms with Crippen LogP contribution in [0.4, 0.5) is 11.8 Å². The Hall–Kier alpha value is -2.97. The highest BCUT2D eigenvalue weighted by atomic mass is 16.5. The van der Waals surface area contributed by atoms with Crippen molar-refractivity contribution in [3.8, 4) is 17.0 Å². The Kier molecular flexibility index (Phi) is 6.28. The second-order valence-electron chi connectivity index (χ2n) is 8.74. The lowest BCUT2D eigenvalue weighted by atomic mass is 10.0. The number of morpholine rings is 1. The van der Waals surface area contributed by atoms with Crippen LogP contribution >= 0.6 is 0 Å². The zero-order chi connectivity index (χ0) is 22.8. The Morgan fingerprint density at radius 3 is 2.67 bits per heavy atom. The number of piperidine rings is 1. The number of pyridine rings is 1. The van der Waals surface area contributed by atoms with Crippen LogP contribution in [-0.2, 0) is 11.3 Å². The maximum Gasteiger partial charge on any atom is 0.229 e. The van der Waals surface area contributed by atoms with Crippen molar-refractivity contribution in [2.45, 2.75) is 38.8 Å². The molecule has 3 aromatic rings. The number of hydrogen-bond donors (Lipinski definition) is 1. The van der Waals surface area contributed by atoms with Gasteiger partial charge in [0.1, 0.15) is 11.6 Å². The minimum absolute atomic E-state index is 0.0923. The summed E-state index contributed by atoms with van der Waals surface area (Å²) in [7, 11) is 1.61. The van der Waals surface area contributed by atoms with Crippen LogP contribution in [0.5, 0.6) is 5.75 Å². The normalized spacial score (nSPS) is 19.2. The molecular weight excluding hydrogens is 418 g/mol. The zero-order valence-electron chi connectivity index (χ0n) is 19.3. The van der Waals surface area contributed by atoms with E-state index in [4.69, 9.17) is 24.4 Å². The summed E-state index contributed by atoms with van der Waals surface area (Å²) in [6.45, 7) is 6.13. The highest BCUT2D eigenvalue weighted by molar-refractivity contribution is 5.90. The number of hydrogen-bond acceptors (Lipinski definition) is 8. The number of nitrogens with zero attached hydrogens (tertiary/aromatic N) is 5. The van der Waals surface area contributed by atoms with Crippen LogP contribution in [0.2, 0.25) is 0 Å². The van der Waals surface area contributed by atoms with Gasteiger partial charge in [-0.25, -0.2) is 4.98 Å². The van der Waals surface area contributed by atoms with Crippen LogP contribution in [0.1, 0.15) is 31.7 Å². The van der Waals surface area contributed by atoms with Gasteiger partial charge in [-0.3, -0.25) is 0 Å². The molecule has 1 aromatic carbocycles. The summed E-state index contributed by atoms with van der Waals surface area (Å²) in [5.41, 5.74) is 3.15. The number of aromatic nitrogens is 3. The molecule has 174 valence electrons. The molecule has 2 aromatic heterocycles. The van der Waals surface area contributed by atoms with E-state index in [-0.39, 0.29) is 6.61 Å². The van der Waals surface area contributed by atoms with Crippen LogP contribution in [0.15, 0.2) is 30.3 Å². The molecule has 2 aliphatic heterocycles. The Labute approximate surface area is 194 Å². The van der Waals surface area contributed by atoms with Gasteiger partial charge in [-0.05, 0) is 56.5 Å². The van der Waals surface area contributed by atoms with Gasteiger partial charge >= 0.3 is 0 Å². The summed E-state index contributed by atoms with van der Waals surface area (Å²) in [5, 5.41) is 10.7. The molecule has 5 rings (SSSR count). The molecule has 8 heteroatoms. The highest BCUT2D eigenvalue weighted by Gasteiger charge is 2.25. The molecule has 33 heavy (non-hydrogen) atoms. The third-order valence-corrected chi connectivity index (χ3v) is 6.64. The zero-order valence-corrected chi connectivity index (χ0v) is 19.3. The Balaban J connectivity index is 1.62. The molecule has 1 unspecified atom stereocenters. The van der Waals surface area contributed by atoms with E-state index in [1.807, 2.05) is 24.3 Å². The van der Waals surface area contributed by atoms with Crippen molar-refractivity contribution >= 4 is 22.8 Å². The fourth-order valence-electron chi connectivity index (χ4n) is 4.74. The average Bonchev–Trinajstić information content (AvgIpc) is 2.88. The lowest BCUT2D eigenvalue weighted by Gasteiger charge is -2.35. The molecular formula is C25H31N5O3. The predicted octanol–water partition coefficient (Wildman–Crippen LogP) is 3.41. The molecule has 0 bridgehead atoms. The van der Waals surface area contributed by atoms with E-state index in [2.05, 4.69) is 22.8 Å². The van der Waals surface area contributed by atoms with E-state index in [0.29, 0.717) is 30.7 Å². The van der Waals surface area contributed by atoms with Crippen molar-refractivity contribution in [1.29, 1.82) is 0 Å². The number of ether oxygens (including phenoxy) is 2. The van der Waals surface area contributed by atoms with Crippen molar-refractivity contribution in [3.63, 3.8) is 0 Å². The van der Waals surface area contributed by atoms with Gasteiger partial charge in [0, 0.05) is 36.8 Å². The number of anilines is 2. The minimum atomic E-state index is -0.0923. The number of aliphatic hydroxyl groups is 1. The number of benzene rings is 1. The first kappa shape index (κ1) is 21.9. The summed E-state index contributed by atoms with van der Waals surface area (Å²) >= 11 is 0. The molecule has 8 nitrogen and oxygen atoms in total. The van der Waals surface area contributed by atoms with E-state index >= 15 is 0 Å². The van der Waals surface area contributed by atoms with Crippen LogP contribution in [-0.4, -0.2) is 66.1 Å². The molecule has 0 aliphatic carbocycles. The molecule has 0 spiro atoms. The Morgan fingerprint density at radius 1 is 1.06 bits per heavy atom. The number of methoxy groups -OCH3 is 1. The topological polar surface area (TPSA) is 83.8 Å². The summed E-state index contributed by atoms with van der Waals surface area (Å²) in [6.07, 6.45) is 3.55. The molecule has 1 atom stereocenters. The summed E-state index contributed by atoms with van der Waals surface area (Å²) in [6, 6.07) is 10.2. The van der Waals surface area contributed by atoms with E-state index < -0.39 is 0 Å². The fourth-order valence-corrected chi connectivity index (χ4v) is 4.74. The quantitative estimate of drug-likeness (QED) is 0.635. The Bertz CT molecular complexity index is 1130. The van der Waals surface area contributed by atoms with Gasteiger partial charge in [0.05, 0.1) is 38.0 Å². The predicted molar refractivity (Wildman–Crippen MR) is 129 cm³/mol. The van der Waals surface area contributed by atoms with Crippen molar-refractivity contribution in [1.82, 2.24) is 15.0 Å². The van der Waals surface area contributed by atoms with Crippen molar-refractivity contribution in [2.75, 3.05) is 49.8 Å². The molecule has 2 saturated heterocycles. The summed E-state index contributed by atoms with van der Waals surface area (Å²) in [5.74, 6) is 2.35. The van der Waals surface area contributed by atoms with Gasteiger partial charge in [-0.1, -0.05) is 0 Å². The maximum atomic E-state index is 9.74. The van der Waals surface area contributed by atoms with E-state index in [1.54, 1.807) is 7.11 Å². The van der Waals surface area contributed by atoms with E-state index in [1.165, 1.54) is 6.42 Å². The Morgan fingerprint density at radius 2 is 1.91 bits per heavy atom. The first-order valence-corrected chi connectivity index (χ1v) is 11.7. The van der Waals surface area contributed by atoms with Gasteiger partial charge in [-0.2, -0.15) is 9.97 Å². The first-order valence-electron chi connectivity index (χ1n) is 11.7. The van der Waals surface area contributed by atoms with E-state index in [9.17, 15) is 5.11 Å². The first-order chi connectivity index (χ1) is 16.2. The maximum absolute atomic E-state index is 9.74. The van der Waals surface area contributed by atoms with Crippen molar-refractivity contribution in [2.24, 2.45) is 0 Å². The van der Waals surface area contributed by atoms with Crippen LogP contribution in [0, 0.1) is 0 Å². The second-order valence-corrected chi connectivity index (χ2v) is 8.74. The fraction of sp³-hybridized carbons (Fsp3) is 0.480. The lowest BCUT2D eigenvalue weighted by Crippen LogP contribution is -2.40. The molecule has 0 amide bonds. The standard InChI is InChI=1S/C25H31N5O3/c1-17-5-3-4-10-30(17)25-27-23-20(24(28-25)29-11-13-33-14-12-29)7-8-21(26-23)18-6-9-22(32-2)19(15-18)16-31/h6-9,15,17,31H,3-5,10-14,16H2,1-2H3. The molecule has 0 saturated carbocycles.